The zero-order valence-electron chi connectivity index (χ0n) is 19.9. The molecular formula is C25H26N4O8. The maximum atomic E-state index is 13.6. The molecule has 4 N–H and O–H groups in total. The summed E-state index contributed by atoms with van der Waals surface area (Å²) >= 11 is 0. The molecule has 12 heteroatoms. The van der Waals surface area contributed by atoms with E-state index in [4.69, 9.17) is 0 Å². The fourth-order valence-electron chi connectivity index (χ4n) is 3.87. The van der Waals surface area contributed by atoms with Crippen LogP contribution in [0.5, 0.6) is 5.75 Å². The zero-order valence-corrected chi connectivity index (χ0v) is 19.9. The van der Waals surface area contributed by atoms with Crippen LogP contribution in [0, 0.1) is 0 Å². The number of aldehydes is 1. The number of fused-ring (bicyclic) bond motifs is 1. The van der Waals surface area contributed by atoms with Crippen molar-refractivity contribution in [1.82, 2.24) is 10.6 Å². The van der Waals surface area contributed by atoms with Crippen molar-refractivity contribution in [2.75, 3.05) is 29.5 Å². The third-order valence-electron chi connectivity index (χ3n) is 5.58. The van der Waals surface area contributed by atoms with Crippen molar-refractivity contribution in [3.05, 3.63) is 54.1 Å². The van der Waals surface area contributed by atoms with Gasteiger partial charge in [0.2, 0.25) is 5.91 Å². The van der Waals surface area contributed by atoms with E-state index in [1.165, 1.54) is 43.3 Å². The number of para-hydroxylation sites is 2. The molecule has 0 unspecified atom stereocenters. The van der Waals surface area contributed by atoms with Crippen LogP contribution in [0.4, 0.5) is 11.4 Å². The number of aromatic hydroxyl groups is 1. The van der Waals surface area contributed by atoms with Gasteiger partial charge in [-0.25, -0.2) is 0 Å². The number of ketones is 1. The molecule has 1 heterocycles. The van der Waals surface area contributed by atoms with Gasteiger partial charge in [-0.1, -0.05) is 12.1 Å². The highest BCUT2D eigenvalue weighted by Crippen LogP contribution is 2.33. The van der Waals surface area contributed by atoms with Crippen LogP contribution < -0.4 is 20.4 Å². The Balaban J connectivity index is 1.95. The van der Waals surface area contributed by atoms with Crippen LogP contribution in [0.3, 0.4) is 0 Å². The Labute approximate surface area is 211 Å². The maximum Gasteiger partial charge on any atom is 0.252 e. The number of Topliss-reactive ketones (excluding diaryl/α,β-unsaturated/α-hetero) is 1. The molecule has 1 aliphatic heterocycles. The first kappa shape index (κ1) is 27.0. The molecule has 194 valence electrons. The first-order chi connectivity index (χ1) is 17.6. The monoisotopic (exact) mass is 510 g/mol. The Morgan fingerprint density at radius 3 is 2.32 bits per heavy atom. The molecule has 0 saturated carbocycles. The lowest BCUT2D eigenvalue weighted by molar-refractivity contribution is -0.127. The molecule has 4 amide bonds. The average Bonchev–Trinajstić information content (AvgIpc) is 2.98. The van der Waals surface area contributed by atoms with Gasteiger partial charge in [-0.3, -0.25) is 28.9 Å². The predicted molar refractivity (Wildman–Crippen MR) is 131 cm³/mol. The van der Waals surface area contributed by atoms with Crippen molar-refractivity contribution in [1.29, 1.82) is 0 Å². The van der Waals surface area contributed by atoms with Crippen LogP contribution in [0.25, 0.3) is 0 Å². The Morgan fingerprint density at radius 2 is 1.73 bits per heavy atom. The summed E-state index contributed by atoms with van der Waals surface area (Å²) < 4.78 is 0. The van der Waals surface area contributed by atoms with Crippen LogP contribution in [-0.2, 0) is 24.0 Å². The summed E-state index contributed by atoms with van der Waals surface area (Å²) in [6.07, 6.45) is 0.198. The van der Waals surface area contributed by atoms with Gasteiger partial charge >= 0.3 is 0 Å². The lowest BCUT2D eigenvalue weighted by atomic mass is 10.1. The number of anilines is 2. The van der Waals surface area contributed by atoms with Crippen molar-refractivity contribution in [3.63, 3.8) is 0 Å². The minimum Gasteiger partial charge on any atom is -0.508 e. The van der Waals surface area contributed by atoms with Crippen molar-refractivity contribution < 1.29 is 39.0 Å². The van der Waals surface area contributed by atoms with E-state index in [1.54, 1.807) is 12.1 Å². The smallest absolute Gasteiger partial charge is 0.252 e. The standard InChI is InChI=1S/C25H26N4O8/c1-15(32)10-17(13-30)26-22(34)12-29-21-5-3-2-4-20(21)28(23(35)14-31)11-19(25(29)37)27-24(36)16-6-8-18(33)9-7-16/h2-9,13,17,19,31,33H,10-12,14H2,1H3,(H,26,34)(H,27,36)/t17-,19-/m0/s1. The number of carbonyl (C=O) groups excluding carboxylic acids is 6. The number of hydrogen-bond acceptors (Lipinski definition) is 8. The summed E-state index contributed by atoms with van der Waals surface area (Å²) in [4.78, 5) is 76.7. The van der Waals surface area contributed by atoms with Gasteiger partial charge in [0, 0.05) is 12.0 Å². The molecule has 0 bridgehead atoms. The van der Waals surface area contributed by atoms with Gasteiger partial charge in [0.25, 0.3) is 17.7 Å². The number of hydrogen-bond donors (Lipinski definition) is 4. The SMILES string of the molecule is CC(=O)C[C@@H](C=O)NC(=O)CN1C(=O)[C@@H](NC(=O)c2ccc(O)cc2)CN(C(=O)CO)c2ccccc21. The topological polar surface area (TPSA) is 173 Å². The van der Waals surface area contributed by atoms with Gasteiger partial charge in [0.05, 0.1) is 24.0 Å². The maximum absolute atomic E-state index is 13.6. The molecular weight excluding hydrogens is 484 g/mol. The summed E-state index contributed by atoms with van der Waals surface area (Å²) in [5.74, 6) is -3.26. The number of aliphatic hydroxyl groups is 1. The van der Waals surface area contributed by atoms with E-state index >= 15 is 0 Å². The van der Waals surface area contributed by atoms with Crippen molar-refractivity contribution >= 4 is 47.1 Å². The third-order valence-corrected chi connectivity index (χ3v) is 5.58. The van der Waals surface area contributed by atoms with Crippen molar-refractivity contribution in [2.24, 2.45) is 0 Å². The third kappa shape index (κ3) is 6.55. The lowest BCUT2D eigenvalue weighted by Crippen LogP contribution is -2.55. The van der Waals surface area contributed by atoms with Crippen LogP contribution in [0.1, 0.15) is 23.7 Å². The summed E-state index contributed by atoms with van der Waals surface area (Å²) in [5, 5.41) is 23.9. The first-order valence-corrected chi connectivity index (χ1v) is 11.3. The molecule has 2 aromatic carbocycles. The van der Waals surface area contributed by atoms with Crippen LogP contribution in [-0.4, -0.2) is 77.7 Å². The fourth-order valence-corrected chi connectivity index (χ4v) is 3.87. The second kappa shape index (κ2) is 11.9. The highest BCUT2D eigenvalue weighted by Gasteiger charge is 2.37. The minimum absolute atomic E-state index is 0.0622. The van der Waals surface area contributed by atoms with E-state index in [-0.39, 0.29) is 41.4 Å². The van der Waals surface area contributed by atoms with E-state index in [2.05, 4.69) is 10.6 Å². The number of benzene rings is 2. The van der Waals surface area contributed by atoms with Gasteiger partial charge in [0.1, 0.15) is 37.0 Å². The summed E-state index contributed by atoms with van der Waals surface area (Å²) in [7, 11) is 0. The molecule has 0 radical (unpaired) electrons. The van der Waals surface area contributed by atoms with Gasteiger partial charge < -0.3 is 30.5 Å². The predicted octanol–water partition coefficient (Wildman–Crippen LogP) is -0.474. The molecule has 0 saturated heterocycles. The number of nitrogens with one attached hydrogen (secondary N) is 2. The second-order valence-corrected chi connectivity index (χ2v) is 8.36. The summed E-state index contributed by atoms with van der Waals surface area (Å²) in [6, 6.07) is 9.07. The molecule has 1 aliphatic rings. The van der Waals surface area contributed by atoms with E-state index in [0.29, 0.717) is 6.29 Å². The van der Waals surface area contributed by atoms with Gasteiger partial charge in [-0.05, 0) is 43.3 Å². The molecule has 12 nitrogen and oxygen atoms in total. The molecule has 0 aromatic heterocycles. The molecule has 3 rings (SSSR count). The van der Waals surface area contributed by atoms with Crippen LogP contribution in [0.15, 0.2) is 48.5 Å². The van der Waals surface area contributed by atoms with Gasteiger partial charge in [0.15, 0.2) is 0 Å². The second-order valence-electron chi connectivity index (χ2n) is 8.36. The highest BCUT2D eigenvalue weighted by atomic mass is 16.3. The lowest BCUT2D eigenvalue weighted by Gasteiger charge is -2.25. The van der Waals surface area contributed by atoms with Crippen LogP contribution >= 0.6 is 0 Å². The number of phenolic OH excluding ortho intramolecular Hbond substituents is 1. The minimum atomic E-state index is -1.32. The number of rotatable bonds is 9. The van der Waals surface area contributed by atoms with Gasteiger partial charge in [-0.15, -0.1) is 0 Å². The van der Waals surface area contributed by atoms with E-state index in [0.717, 1.165) is 9.80 Å². The number of aliphatic hydroxyl groups excluding tert-OH is 1. The Hall–Kier alpha value is -4.58. The Kier molecular flexibility index (Phi) is 8.69. The molecule has 37 heavy (non-hydrogen) atoms. The van der Waals surface area contributed by atoms with Gasteiger partial charge in [-0.2, -0.15) is 0 Å². The number of amides is 4. The van der Waals surface area contributed by atoms with Crippen LogP contribution in [0.2, 0.25) is 0 Å². The molecule has 2 atom stereocenters. The highest BCUT2D eigenvalue weighted by molar-refractivity contribution is 6.11. The zero-order chi connectivity index (χ0) is 27.1. The first-order valence-electron chi connectivity index (χ1n) is 11.3. The number of nitrogens with zero attached hydrogens (tertiary/aromatic N) is 2. The molecule has 0 fully saturated rings. The van der Waals surface area contributed by atoms with E-state index in [9.17, 15) is 39.0 Å². The Bertz CT molecular complexity index is 1210. The molecule has 0 spiro atoms. The number of carbonyl (C=O) groups is 6. The normalized spacial score (nSPS) is 15.7. The molecule has 0 aliphatic carbocycles. The van der Waals surface area contributed by atoms with Crippen molar-refractivity contribution in [2.45, 2.75) is 25.4 Å². The Morgan fingerprint density at radius 1 is 1.08 bits per heavy atom. The fraction of sp³-hybridized carbons (Fsp3) is 0.280. The summed E-state index contributed by atoms with van der Waals surface area (Å²) in [6.45, 7) is -0.512. The number of phenols is 1. The quantitative estimate of drug-likeness (QED) is 0.328. The van der Waals surface area contributed by atoms with Crippen molar-refractivity contribution in [3.8, 4) is 5.75 Å². The summed E-state index contributed by atoms with van der Waals surface area (Å²) in [5.41, 5.74) is 0.523. The van der Waals surface area contributed by atoms with E-state index < -0.39 is 48.9 Å². The van der Waals surface area contributed by atoms with E-state index in [1.807, 2.05) is 0 Å². The molecule has 2 aromatic rings. The average molecular weight is 511 g/mol. The largest absolute Gasteiger partial charge is 0.508 e.